The molecule has 1 saturated heterocycles. The van der Waals surface area contributed by atoms with Gasteiger partial charge in [-0.3, -0.25) is 0 Å². The van der Waals surface area contributed by atoms with Gasteiger partial charge in [0.05, 0.1) is 0 Å². The van der Waals surface area contributed by atoms with E-state index in [9.17, 15) is 4.79 Å². The molecule has 1 N–H and O–H groups in total. The zero-order chi connectivity index (χ0) is 11.4. The molecule has 3 heteroatoms. The number of urea groups is 1. The smallest absolute Gasteiger partial charge is 0.321 e. The van der Waals surface area contributed by atoms with Crippen LogP contribution >= 0.6 is 0 Å². The third-order valence-electron chi connectivity index (χ3n) is 3.72. The van der Waals surface area contributed by atoms with Gasteiger partial charge in [-0.2, -0.15) is 0 Å². The van der Waals surface area contributed by atoms with Gasteiger partial charge in [0.25, 0.3) is 0 Å². The number of piperidine rings is 1. The molecule has 1 saturated carbocycles. The molecule has 0 aromatic carbocycles. The predicted molar refractivity (Wildman–Crippen MR) is 65.1 cm³/mol. The minimum absolute atomic E-state index is 0.0892. The van der Waals surface area contributed by atoms with Crippen molar-refractivity contribution in [2.45, 2.75) is 45.4 Å². The van der Waals surface area contributed by atoms with Crippen molar-refractivity contribution in [2.75, 3.05) is 13.1 Å². The summed E-state index contributed by atoms with van der Waals surface area (Å²) in [5.41, 5.74) is 1.40. The molecule has 1 aliphatic heterocycles. The second-order valence-electron chi connectivity index (χ2n) is 5.13. The third-order valence-corrected chi connectivity index (χ3v) is 3.72. The number of carbonyl (C=O) groups is 1. The van der Waals surface area contributed by atoms with Crippen LogP contribution in [-0.2, 0) is 0 Å². The maximum atomic E-state index is 11.8. The van der Waals surface area contributed by atoms with Crippen molar-refractivity contribution in [3.63, 3.8) is 0 Å². The van der Waals surface area contributed by atoms with Crippen LogP contribution in [0.2, 0.25) is 0 Å². The maximum absolute atomic E-state index is 11.8. The van der Waals surface area contributed by atoms with E-state index in [1.165, 1.54) is 18.4 Å². The van der Waals surface area contributed by atoms with Crippen molar-refractivity contribution < 1.29 is 4.79 Å². The second kappa shape index (κ2) is 5.37. The molecule has 0 spiro atoms. The first kappa shape index (κ1) is 11.5. The molecule has 16 heavy (non-hydrogen) atoms. The fraction of sp³-hybridized carbons (Fsp3) is 0.769. The molecule has 2 fully saturated rings. The fourth-order valence-corrected chi connectivity index (χ4v) is 2.44. The van der Waals surface area contributed by atoms with Crippen LogP contribution in [0.4, 0.5) is 4.79 Å². The topological polar surface area (TPSA) is 32.3 Å². The van der Waals surface area contributed by atoms with Crippen molar-refractivity contribution >= 4 is 6.03 Å². The van der Waals surface area contributed by atoms with Crippen LogP contribution in [-0.4, -0.2) is 24.0 Å². The molecule has 2 amide bonds. The van der Waals surface area contributed by atoms with Crippen molar-refractivity contribution in [3.05, 3.63) is 11.8 Å². The molecular formula is C13H22N2O. The van der Waals surface area contributed by atoms with Gasteiger partial charge in [-0.1, -0.05) is 12.5 Å². The molecule has 90 valence electrons. The Balaban J connectivity index is 1.77. The molecule has 0 radical (unpaired) electrons. The Morgan fingerprint density at radius 1 is 1.31 bits per heavy atom. The van der Waals surface area contributed by atoms with Gasteiger partial charge < -0.3 is 10.2 Å². The molecule has 0 aromatic heterocycles. The number of allylic oxidation sites excluding steroid dienone is 1. The van der Waals surface area contributed by atoms with Crippen molar-refractivity contribution in [1.82, 2.24) is 10.2 Å². The Morgan fingerprint density at radius 3 is 2.56 bits per heavy atom. The SMILES string of the molecule is CC1CCN(C(=O)NC=C2CCCC2)CC1. The highest BCUT2D eigenvalue weighted by Gasteiger charge is 2.19. The summed E-state index contributed by atoms with van der Waals surface area (Å²) < 4.78 is 0. The Hall–Kier alpha value is -0.990. The molecule has 1 heterocycles. The first-order valence-electron chi connectivity index (χ1n) is 6.49. The van der Waals surface area contributed by atoms with E-state index >= 15 is 0 Å². The first-order chi connectivity index (χ1) is 7.75. The number of carbonyl (C=O) groups excluding carboxylic acids is 1. The van der Waals surface area contributed by atoms with Gasteiger partial charge in [0.2, 0.25) is 0 Å². The molecular weight excluding hydrogens is 200 g/mol. The molecule has 3 nitrogen and oxygen atoms in total. The molecule has 0 unspecified atom stereocenters. The van der Waals surface area contributed by atoms with Crippen molar-refractivity contribution in [2.24, 2.45) is 5.92 Å². The second-order valence-corrected chi connectivity index (χ2v) is 5.13. The summed E-state index contributed by atoms with van der Waals surface area (Å²) in [7, 11) is 0. The highest BCUT2D eigenvalue weighted by atomic mass is 16.2. The van der Waals surface area contributed by atoms with Crippen LogP contribution in [0.5, 0.6) is 0 Å². The number of rotatable bonds is 1. The van der Waals surface area contributed by atoms with E-state index in [0.29, 0.717) is 0 Å². The molecule has 2 aliphatic rings. The van der Waals surface area contributed by atoms with E-state index in [1.807, 2.05) is 11.1 Å². The van der Waals surface area contributed by atoms with Crippen molar-refractivity contribution in [3.8, 4) is 0 Å². The Bertz CT molecular complexity index is 270. The Morgan fingerprint density at radius 2 is 1.94 bits per heavy atom. The summed E-state index contributed by atoms with van der Waals surface area (Å²) in [5, 5.41) is 2.93. The molecule has 0 atom stereocenters. The average molecular weight is 222 g/mol. The standard InChI is InChI=1S/C13H22N2O/c1-11-6-8-15(9-7-11)13(16)14-10-12-4-2-3-5-12/h10-11H,2-9H2,1H3,(H,14,16). The summed E-state index contributed by atoms with van der Waals surface area (Å²) in [6.45, 7) is 4.09. The van der Waals surface area contributed by atoms with Crippen LogP contribution in [0, 0.1) is 5.92 Å². The molecule has 2 rings (SSSR count). The number of hydrogen-bond acceptors (Lipinski definition) is 1. The van der Waals surface area contributed by atoms with Gasteiger partial charge in [0.15, 0.2) is 0 Å². The summed E-state index contributed by atoms with van der Waals surface area (Å²) in [6, 6.07) is 0.0892. The molecule has 0 aromatic rings. The summed E-state index contributed by atoms with van der Waals surface area (Å²) in [4.78, 5) is 13.8. The van der Waals surface area contributed by atoms with Crippen molar-refractivity contribution in [1.29, 1.82) is 0 Å². The summed E-state index contributed by atoms with van der Waals surface area (Å²) in [5.74, 6) is 0.775. The van der Waals surface area contributed by atoms with E-state index in [2.05, 4.69) is 12.2 Å². The zero-order valence-corrected chi connectivity index (χ0v) is 10.2. The normalized spacial score (nSPS) is 22.3. The quantitative estimate of drug-likeness (QED) is 0.727. The van der Waals surface area contributed by atoms with E-state index in [-0.39, 0.29) is 6.03 Å². The maximum Gasteiger partial charge on any atom is 0.321 e. The zero-order valence-electron chi connectivity index (χ0n) is 10.2. The highest BCUT2D eigenvalue weighted by molar-refractivity contribution is 5.75. The monoisotopic (exact) mass is 222 g/mol. The Kier molecular flexibility index (Phi) is 3.86. The van der Waals surface area contributed by atoms with Gasteiger partial charge >= 0.3 is 6.03 Å². The average Bonchev–Trinajstić information content (AvgIpc) is 2.80. The lowest BCUT2D eigenvalue weighted by atomic mass is 10.00. The van der Waals surface area contributed by atoms with Gasteiger partial charge in [0.1, 0.15) is 0 Å². The van der Waals surface area contributed by atoms with Crippen LogP contribution in [0.25, 0.3) is 0 Å². The predicted octanol–water partition coefficient (Wildman–Crippen LogP) is 2.89. The largest absolute Gasteiger partial charge is 0.325 e. The van der Waals surface area contributed by atoms with Crippen LogP contribution in [0.15, 0.2) is 11.8 Å². The van der Waals surface area contributed by atoms with Gasteiger partial charge in [-0.25, -0.2) is 4.79 Å². The van der Waals surface area contributed by atoms with E-state index in [4.69, 9.17) is 0 Å². The Labute approximate surface area is 97.9 Å². The lowest BCUT2D eigenvalue weighted by Gasteiger charge is -2.29. The fourth-order valence-electron chi connectivity index (χ4n) is 2.44. The van der Waals surface area contributed by atoms with Gasteiger partial charge in [-0.15, -0.1) is 0 Å². The van der Waals surface area contributed by atoms with E-state index in [1.54, 1.807) is 0 Å². The van der Waals surface area contributed by atoms with Gasteiger partial charge in [-0.05, 0) is 44.4 Å². The van der Waals surface area contributed by atoms with Crippen LogP contribution < -0.4 is 5.32 Å². The number of nitrogens with one attached hydrogen (secondary N) is 1. The van der Waals surface area contributed by atoms with Crippen LogP contribution in [0.3, 0.4) is 0 Å². The first-order valence-corrected chi connectivity index (χ1v) is 6.49. The lowest BCUT2D eigenvalue weighted by Crippen LogP contribution is -2.42. The molecule has 1 aliphatic carbocycles. The minimum Gasteiger partial charge on any atom is -0.325 e. The van der Waals surface area contributed by atoms with Gasteiger partial charge in [0, 0.05) is 19.3 Å². The number of amides is 2. The minimum atomic E-state index is 0.0892. The summed E-state index contributed by atoms with van der Waals surface area (Å²) in [6.07, 6.45) is 9.11. The van der Waals surface area contributed by atoms with E-state index < -0.39 is 0 Å². The molecule has 0 bridgehead atoms. The number of likely N-dealkylation sites (tertiary alicyclic amines) is 1. The highest BCUT2D eigenvalue weighted by Crippen LogP contribution is 2.22. The lowest BCUT2D eigenvalue weighted by molar-refractivity contribution is 0.177. The third kappa shape index (κ3) is 3.00. The van der Waals surface area contributed by atoms with E-state index in [0.717, 1.165) is 44.7 Å². The number of nitrogens with zero attached hydrogens (tertiary/aromatic N) is 1. The summed E-state index contributed by atoms with van der Waals surface area (Å²) >= 11 is 0. The van der Waals surface area contributed by atoms with Crippen LogP contribution in [0.1, 0.15) is 45.4 Å². The number of hydrogen-bond donors (Lipinski definition) is 1.